The smallest absolute Gasteiger partial charge is 0.0766 e. The Morgan fingerprint density at radius 3 is 2.78 bits per heavy atom. The summed E-state index contributed by atoms with van der Waals surface area (Å²) in [5, 5.41) is 8.15. The normalized spacial score (nSPS) is 23.8. The minimum absolute atomic E-state index is 0.734. The molecule has 2 rings (SSSR count). The Labute approximate surface area is 118 Å². The largest absolute Gasteiger partial charge is 0.314 e. The molecule has 1 fully saturated rings. The molecule has 1 heterocycles. The van der Waals surface area contributed by atoms with Gasteiger partial charge in [-0.2, -0.15) is 5.10 Å². The molecule has 0 amide bonds. The predicted octanol–water partition coefficient (Wildman–Crippen LogP) is 3.07. The van der Waals surface area contributed by atoms with Gasteiger partial charge < -0.3 is 5.32 Å². The van der Waals surface area contributed by atoms with E-state index in [2.05, 4.69) is 51.9 Å². The summed E-state index contributed by atoms with van der Waals surface area (Å²) in [4.78, 5) is 0. The van der Waals surface area contributed by atoms with E-state index in [4.69, 9.17) is 0 Å². The maximum atomic E-state index is 4.58. The van der Waals surface area contributed by atoms with Gasteiger partial charge in [-0.15, -0.1) is 0 Å². The summed E-state index contributed by atoms with van der Waals surface area (Å²) in [6.45, 7) is 5.44. The van der Waals surface area contributed by atoms with E-state index in [1.54, 1.807) is 0 Å². The first-order chi connectivity index (χ1) is 8.65. The van der Waals surface area contributed by atoms with Crippen LogP contribution in [-0.2, 0) is 19.9 Å². The molecule has 1 N–H and O–H groups in total. The van der Waals surface area contributed by atoms with Crippen LogP contribution in [0.5, 0.6) is 0 Å². The van der Waals surface area contributed by atoms with Crippen molar-refractivity contribution >= 4 is 15.9 Å². The minimum atomic E-state index is 0.734. The molecular formula is C14H24BrN3. The Morgan fingerprint density at radius 2 is 2.17 bits per heavy atom. The summed E-state index contributed by atoms with van der Waals surface area (Å²) in [7, 11) is 2.07. The van der Waals surface area contributed by atoms with Gasteiger partial charge in [0.05, 0.1) is 15.9 Å². The van der Waals surface area contributed by atoms with Gasteiger partial charge in [0.15, 0.2) is 0 Å². The van der Waals surface area contributed by atoms with Gasteiger partial charge in [-0.1, -0.05) is 13.8 Å². The second-order valence-electron chi connectivity index (χ2n) is 5.32. The van der Waals surface area contributed by atoms with Crippen molar-refractivity contribution in [2.45, 2.75) is 52.0 Å². The monoisotopic (exact) mass is 313 g/mol. The highest BCUT2D eigenvalue weighted by molar-refractivity contribution is 9.10. The van der Waals surface area contributed by atoms with E-state index in [-0.39, 0.29) is 0 Å². The van der Waals surface area contributed by atoms with Crippen LogP contribution in [0.4, 0.5) is 0 Å². The van der Waals surface area contributed by atoms with Crippen molar-refractivity contribution in [3.8, 4) is 0 Å². The molecule has 0 aliphatic heterocycles. The van der Waals surface area contributed by atoms with E-state index in [0.29, 0.717) is 0 Å². The molecule has 0 saturated heterocycles. The van der Waals surface area contributed by atoms with Gasteiger partial charge in [-0.3, -0.25) is 4.68 Å². The summed E-state index contributed by atoms with van der Waals surface area (Å²) in [6.07, 6.45) is 6.14. The van der Waals surface area contributed by atoms with Crippen LogP contribution < -0.4 is 5.32 Å². The maximum absolute atomic E-state index is 4.58. The zero-order chi connectivity index (χ0) is 13.1. The topological polar surface area (TPSA) is 29.9 Å². The molecule has 2 unspecified atom stereocenters. The summed E-state index contributed by atoms with van der Waals surface area (Å²) in [6, 6.07) is 0.734. The second-order valence-corrected chi connectivity index (χ2v) is 6.12. The van der Waals surface area contributed by atoms with Crippen molar-refractivity contribution < 1.29 is 0 Å². The van der Waals surface area contributed by atoms with Crippen molar-refractivity contribution in [1.82, 2.24) is 15.1 Å². The Morgan fingerprint density at radius 1 is 1.39 bits per heavy atom. The third-order valence-electron chi connectivity index (χ3n) is 4.02. The maximum Gasteiger partial charge on any atom is 0.0766 e. The van der Waals surface area contributed by atoms with E-state index in [0.717, 1.165) is 31.3 Å². The van der Waals surface area contributed by atoms with Crippen LogP contribution in [0.1, 0.15) is 44.5 Å². The van der Waals surface area contributed by atoms with E-state index >= 15 is 0 Å². The van der Waals surface area contributed by atoms with Crippen LogP contribution in [0.2, 0.25) is 0 Å². The van der Waals surface area contributed by atoms with Crippen LogP contribution in [0.25, 0.3) is 0 Å². The average molecular weight is 314 g/mol. The summed E-state index contributed by atoms with van der Waals surface area (Å²) in [5.41, 5.74) is 2.56. The number of rotatable bonds is 5. The average Bonchev–Trinajstić information content (AvgIpc) is 2.89. The van der Waals surface area contributed by atoms with Gasteiger partial charge in [0.2, 0.25) is 0 Å². The van der Waals surface area contributed by atoms with Crippen molar-refractivity contribution in [2.75, 3.05) is 6.54 Å². The van der Waals surface area contributed by atoms with Crippen LogP contribution in [0.3, 0.4) is 0 Å². The van der Waals surface area contributed by atoms with Gasteiger partial charge in [0, 0.05) is 13.1 Å². The SMILES string of the molecule is CCNC1CCC(Cc2c(Br)c(CC)nn2C)C1. The predicted molar refractivity (Wildman–Crippen MR) is 78.8 cm³/mol. The fourth-order valence-corrected chi connectivity index (χ4v) is 3.83. The molecule has 1 aromatic heterocycles. The third kappa shape index (κ3) is 2.97. The zero-order valence-corrected chi connectivity index (χ0v) is 13.3. The first-order valence-corrected chi connectivity index (χ1v) is 7.88. The summed E-state index contributed by atoms with van der Waals surface area (Å²) < 4.78 is 3.29. The Kier molecular flexibility index (Phi) is 4.84. The number of aromatic nitrogens is 2. The van der Waals surface area contributed by atoms with Crippen molar-refractivity contribution in [2.24, 2.45) is 13.0 Å². The number of aryl methyl sites for hydroxylation is 2. The highest BCUT2D eigenvalue weighted by atomic mass is 79.9. The molecule has 4 heteroatoms. The van der Waals surface area contributed by atoms with Crippen LogP contribution in [0.15, 0.2) is 4.47 Å². The lowest BCUT2D eigenvalue weighted by atomic mass is 10.0. The van der Waals surface area contributed by atoms with Crippen LogP contribution in [-0.4, -0.2) is 22.4 Å². The zero-order valence-electron chi connectivity index (χ0n) is 11.7. The van der Waals surface area contributed by atoms with E-state index in [9.17, 15) is 0 Å². The van der Waals surface area contributed by atoms with Crippen molar-refractivity contribution in [1.29, 1.82) is 0 Å². The molecule has 2 atom stereocenters. The number of halogens is 1. The number of nitrogens with one attached hydrogen (secondary N) is 1. The first-order valence-electron chi connectivity index (χ1n) is 7.09. The van der Waals surface area contributed by atoms with Gasteiger partial charge in [0.25, 0.3) is 0 Å². The van der Waals surface area contributed by atoms with Crippen molar-refractivity contribution in [3.63, 3.8) is 0 Å². The molecule has 1 saturated carbocycles. The number of nitrogens with zero attached hydrogens (tertiary/aromatic N) is 2. The minimum Gasteiger partial charge on any atom is -0.314 e. The fourth-order valence-electron chi connectivity index (χ4n) is 3.05. The molecule has 1 aromatic rings. The molecule has 18 heavy (non-hydrogen) atoms. The highest BCUT2D eigenvalue weighted by Crippen LogP contribution is 2.32. The van der Waals surface area contributed by atoms with E-state index in [1.165, 1.54) is 35.1 Å². The lowest BCUT2D eigenvalue weighted by Crippen LogP contribution is -2.26. The molecule has 0 bridgehead atoms. The second kappa shape index (κ2) is 6.20. The molecule has 0 spiro atoms. The Balaban J connectivity index is 2.00. The molecule has 0 aromatic carbocycles. The van der Waals surface area contributed by atoms with Gasteiger partial charge >= 0.3 is 0 Å². The Hall–Kier alpha value is -0.350. The quantitative estimate of drug-likeness (QED) is 0.905. The van der Waals surface area contributed by atoms with Gasteiger partial charge in [0.1, 0.15) is 0 Å². The van der Waals surface area contributed by atoms with E-state index in [1.807, 2.05) is 0 Å². The molecule has 1 aliphatic carbocycles. The molecule has 3 nitrogen and oxygen atoms in total. The lowest BCUT2D eigenvalue weighted by Gasteiger charge is -2.12. The fraction of sp³-hybridized carbons (Fsp3) is 0.786. The van der Waals surface area contributed by atoms with Crippen molar-refractivity contribution in [3.05, 3.63) is 15.9 Å². The molecular weight excluding hydrogens is 290 g/mol. The first kappa shape index (κ1) is 14.1. The van der Waals surface area contributed by atoms with Crippen LogP contribution in [0, 0.1) is 5.92 Å². The molecule has 0 radical (unpaired) electrons. The third-order valence-corrected chi connectivity index (χ3v) is 4.93. The lowest BCUT2D eigenvalue weighted by molar-refractivity contribution is 0.481. The highest BCUT2D eigenvalue weighted by Gasteiger charge is 2.26. The summed E-state index contributed by atoms with van der Waals surface area (Å²) in [5.74, 6) is 0.811. The van der Waals surface area contributed by atoms with Gasteiger partial charge in [-0.25, -0.2) is 0 Å². The number of hydrogen-bond donors (Lipinski definition) is 1. The molecule has 102 valence electrons. The van der Waals surface area contributed by atoms with E-state index < -0.39 is 0 Å². The summed E-state index contributed by atoms with van der Waals surface area (Å²) >= 11 is 3.72. The van der Waals surface area contributed by atoms with Crippen LogP contribution >= 0.6 is 15.9 Å². The van der Waals surface area contributed by atoms with Gasteiger partial charge in [-0.05, 0) is 60.5 Å². The Bertz CT molecular complexity index is 400. The number of hydrogen-bond acceptors (Lipinski definition) is 2. The standard InChI is InChI=1S/C14H24BrN3/c1-4-12-14(15)13(18(3)17-12)9-10-6-7-11(8-10)16-5-2/h10-11,16H,4-9H2,1-3H3. The molecule has 1 aliphatic rings.